The van der Waals surface area contributed by atoms with E-state index in [0.717, 1.165) is 22.1 Å². The molecule has 0 spiro atoms. The van der Waals surface area contributed by atoms with E-state index < -0.39 is 18.3 Å². The maximum absolute atomic E-state index is 12.1. The summed E-state index contributed by atoms with van der Waals surface area (Å²) < 4.78 is 6.47. The van der Waals surface area contributed by atoms with Crippen LogP contribution in [0.5, 0.6) is 0 Å². The molecule has 0 amide bonds. The normalized spacial score (nSPS) is 10.3. The van der Waals surface area contributed by atoms with Crippen LogP contribution in [0.2, 0.25) is 0 Å². The van der Waals surface area contributed by atoms with Crippen LogP contribution in [0.1, 0.15) is 11.1 Å². The van der Waals surface area contributed by atoms with Gasteiger partial charge in [-0.15, -0.1) is 0 Å². The minimum atomic E-state index is -1.10. The average Bonchev–Trinajstić information content (AvgIpc) is 3.22. The molecule has 1 heterocycles. The molecule has 0 saturated carbocycles. The predicted octanol–water partition coefficient (Wildman–Crippen LogP) is 6.14. The van der Waals surface area contributed by atoms with Crippen molar-refractivity contribution >= 4 is 5.97 Å². The molecule has 0 saturated heterocycles. The van der Waals surface area contributed by atoms with E-state index >= 15 is 0 Å². The number of benzene rings is 4. The van der Waals surface area contributed by atoms with Gasteiger partial charge in [0.05, 0.1) is 5.69 Å². The summed E-state index contributed by atoms with van der Waals surface area (Å²) in [6, 6.07) is 39.4. The van der Waals surface area contributed by atoms with Gasteiger partial charge in [-0.3, -0.25) is 9.36 Å². The van der Waals surface area contributed by atoms with Crippen molar-refractivity contribution in [2.45, 2.75) is 13.0 Å². The Morgan fingerprint density at radius 3 is 1.54 bits per heavy atom. The summed E-state index contributed by atoms with van der Waals surface area (Å²) in [5.74, 6) is -1.40. The summed E-state index contributed by atoms with van der Waals surface area (Å²) >= 11 is 0. The first kappa shape index (κ1) is 23.5. The number of nitrogens with zero attached hydrogens (tertiary/aromatic N) is 1. The molecule has 174 valence electrons. The van der Waals surface area contributed by atoms with E-state index in [1.54, 1.807) is 0 Å². The molecule has 0 bridgehead atoms. The number of rotatable bonds is 6. The lowest BCUT2D eigenvalue weighted by Gasteiger charge is -2.06. The van der Waals surface area contributed by atoms with Crippen molar-refractivity contribution in [3.8, 4) is 22.6 Å². The van der Waals surface area contributed by atoms with Gasteiger partial charge in [-0.1, -0.05) is 121 Å². The number of hydrogen-bond acceptors (Lipinski definition) is 3. The quantitative estimate of drug-likeness (QED) is 0.328. The van der Waals surface area contributed by atoms with Gasteiger partial charge in [-0.05, 0) is 17.5 Å². The minimum absolute atomic E-state index is 0.373. The predicted molar refractivity (Wildman–Crippen MR) is 137 cm³/mol. The van der Waals surface area contributed by atoms with E-state index in [9.17, 15) is 9.59 Å². The molecule has 35 heavy (non-hydrogen) atoms. The smallest absolute Gasteiger partial charge is 0.420 e. The van der Waals surface area contributed by atoms with Gasteiger partial charge < -0.3 is 9.52 Å². The number of aromatic nitrogens is 1. The van der Waals surface area contributed by atoms with Crippen LogP contribution >= 0.6 is 0 Å². The van der Waals surface area contributed by atoms with Crippen molar-refractivity contribution in [2.75, 3.05) is 0 Å². The Labute approximate surface area is 203 Å². The SMILES string of the molecule is O=C(O)Cn1c(-c2ccccc2)c(-c2ccccc2)oc1=O.c1ccc(Cc2ccccc2)cc1. The third kappa shape index (κ3) is 6.24. The molecule has 0 aliphatic rings. The lowest BCUT2D eigenvalue weighted by Crippen LogP contribution is -2.20. The number of oxazole rings is 1. The molecule has 0 atom stereocenters. The summed E-state index contributed by atoms with van der Waals surface area (Å²) in [6.45, 7) is -0.445. The highest BCUT2D eigenvalue weighted by Gasteiger charge is 2.21. The fourth-order valence-corrected chi connectivity index (χ4v) is 3.78. The standard InChI is InChI=1S/C17H13NO4.C13H12/c19-14(20)11-18-15(12-7-3-1-4-8-12)16(22-17(18)21)13-9-5-2-6-10-13;1-3-7-12(8-4-1)11-13-9-5-2-6-10-13/h1-10H,11H2,(H,19,20);1-10H,11H2. The van der Waals surface area contributed by atoms with Crippen molar-refractivity contribution in [1.82, 2.24) is 4.57 Å². The lowest BCUT2D eigenvalue weighted by molar-refractivity contribution is -0.137. The van der Waals surface area contributed by atoms with Crippen LogP contribution in [-0.4, -0.2) is 15.6 Å². The van der Waals surface area contributed by atoms with Crippen molar-refractivity contribution in [3.05, 3.63) is 143 Å². The van der Waals surface area contributed by atoms with Gasteiger partial charge in [0.2, 0.25) is 0 Å². The van der Waals surface area contributed by atoms with E-state index in [2.05, 4.69) is 60.7 Å². The maximum atomic E-state index is 12.1. The zero-order valence-corrected chi connectivity index (χ0v) is 19.1. The van der Waals surface area contributed by atoms with Gasteiger partial charge in [0.15, 0.2) is 5.76 Å². The van der Waals surface area contributed by atoms with Gasteiger partial charge in [0.25, 0.3) is 0 Å². The maximum Gasteiger partial charge on any atom is 0.420 e. The number of carboxylic acid groups (broad SMARTS) is 1. The molecule has 0 radical (unpaired) electrons. The van der Waals surface area contributed by atoms with Crippen LogP contribution in [-0.2, 0) is 17.8 Å². The van der Waals surface area contributed by atoms with Gasteiger partial charge in [-0.25, -0.2) is 4.79 Å². The molecule has 0 fully saturated rings. The molecule has 0 aliphatic carbocycles. The summed E-state index contributed by atoms with van der Waals surface area (Å²) in [6.07, 6.45) is 1.03. The van der Waals surface area contributed by atoms with Gasteiger partial charge in [0, 0.05) is 11.1 Å². The van der Waals surface area contributed by atoms with Crippen molar-refractivity contribution < 1.29 is 14.3 Å². The number of hydrogen-bond donors (Lipinski definition) is 1. The van der Waals surface area contributed by atoms with E-state index in [1.807, 2.05) is 60.7 Å². The van der Waals surface area contributed by atoms with Gasteiger partial charge in [-0.2, -0.15) is 0 Å². The Balaban J connectivity index is 0.000000189. The monoisotopic (exact) mass is 463 g/mol. The van der Waals surface area contributed by atoms with Crippen LogP contribution in [0.4, 0.5) is 0 Å². The lowest BCUT2D eigenvalue weighted by atomic mass is 10.1. The third-order valence-electron chi connectivity index (χ3n) is 5.37. The molecule has 5 aromatic rings. The largest absolute Gasteiger partial charge is 0.480 e. The Morgan fingerprint density at radius 2 is 1.09 bits per heavy atom. The molecule has 4 aromatic carbocycles. The second-order valence-corrected chi connectivity index (χ2v) is 7.91. The Kier molecular flexibility index (Phi) is 7.71. The van der Waals surface area contributed by atoms with E-state index in [1.165, 1.54) is 11.1 Å². The fraction of sp³-hybridized carbons (Fsp3) is 0.0667. The van der Waals surface area contributed by atoms with Crippen LogP contribution in [0, 0.1) is 0 Å². The Bertz CT molecular complexity index is 1370. The number of aliphatic carboxylic acids is 1. The Hall–Kier alpha value is -4.64. The highest BCUT2D eigenvalue weighted by Crippen LogP contribution is 2.31. The molecule has 1 aromatic heterocycles. The highest BCUT2D eigenvalue weighted by molar-refractivity contribution is 5.78. The van der Waals surface area contributed by atoms with Crippen molar-refractivity contribution in [1.29, 1.82) is 0 Å². The summed E-state index contributed by atoms with van der Waals surface area (Å²) in [5.41, 5.74) is 4.66. The van der Waals surface area contributed by atoms with E-state index in [-0.39, 0.29) is 0 Å². The van der Waals surface area contributed by atoms with E-state index in [4.69, 9.17) is 9.52 Å². The second-order valence-electron chi connectivity index (χ2n) is 7.91. The Morgan fingerprint density at radius 1 is 0.657 bits per heavy atom. The van der Waals surface area contributed by atoms with Crippen LogP contribution in [0.15, 0.2) is 131 Å². The van der Waals surface area contributed by atoms with Crippen molar-refractivity contribution in [3.63, 3.8) is 0 Å². The van der Waals surface area contributed by atoms with Gasteiger partial charge in [0.1, 0.15) is 6.54 Å². The highest BCUT2D eigenvalue weighted by atomic mass is 16.4. The first-order chi connectivity index (χ1) is 17.1. The topological polar surface area (TPSA) is 72.4 Å². The van der Waals surface area contributed by atoms with Crippen LogP contribution < -0.4 is 5.76 Å². The average molecular weight is 464 g/mol. The fourth-order valence-electron chi connectivity index (χ4n) is 3.78. The zero-order chi connectivity index (χ0) is 24.5. The second kappa shape index (κ2) is 11.5. The molecule has 0 unspecified atom stereocenters. The van der Waals surface area contributed by atoms with Crippen LogP contribution in [0.3, 0.4) is 0 Å². The zero-order valence-electron chi connectivity index (χ0n) is 19.1. The number of carboxylic acids is 1. The molecule has 0 aliphatic heterocycles. The summed E-state index contributed by atoms with van der Waals surface area (Å²) in [7, 11) is 0. The minimum Gasteiger partial charge on any atom is -0.480 e. The third-order valence-corrected chi connectivity index (χ3v) is 5.37. The molecule has 5 heteroatoms. The van der Waals surface area contributed by atoms with Crippen LogP contribution in [0.25, 0.3) is 22.6 Å². The molecule has 5 nitrogen and oxygen atoms in total. The molecular weight excluding hydrogens is 438 g/mol. The van der Waals surface area contributed by atoms with Gasteiger partial charge >= 0.3 is 11.7 Å². The van der Waals surface area contributed by atoms with Crippen molar-refractivity contribution in [2.24, 2.45) is 0 Å². The molecule has 1 N–H and O–H groups in total. The molecule has 5 rings (SSSR count). The number of carbonyl (C=O) groups is 1. The summed E-state index contributed by atoms with van der Waals surface area (Å²) in [4.78, 5) is 23.1. The first-order valence-corrected chi connectivity index (χ1v) is 11.3. The summed E-state index contributed by atoms with van der Waals surface area (Å²) in [5, 5.41) is 9.04. The first-order valence-electron chi connectivity index (χ1n) is 11.3. The molecular formula is C30H25NO4. The van der Waals surface area contributed by atoms with E-state index in [0.29, 0.717) is 11.5 Å².